The van der Waals surface area contributed by atoms with E-state index in [2.05, 4.69) is 13.8 Å². The second-order valence-electron chi connectivity index (χ2n) is 4.41. The number of carbonyl (C=O) groups excluding carboxylic acids is 1. The van der Waals surface area contributed by atoms with Crippen LogP contribution in [-0.2, 0) is 19.0 Å². The van der Waals surface area contributed by atoms with Gasteiger partial charge < -0.3 is 19.3 Å². The van der Waals surface area contributed by atoms with Gasteiger partial charge in [0.15, 0.2) is 0 Å². The average Bonchev–Trinajstić information content (AvgIpc) is 2.35. The van der Waals surface area contributed by atoms with Crippen LogP contribution < -0.4 is 0 Å². The Balaban J connectivity index is 0. The Morgan fingerprint density at radius 2 is 1.63 bits per heavy atom. The molecule has 5 heteroatoms. The molecule has 0 radical (unpaired) electrons. The minimum Gasteiger partial charge on any atom is -0.463 e. The summed E-state index contributed by atoms with van der Waals surface area (Å²) in [5.41, 5.74) is 0. The molecule has 0 aromatic heterocycles. The van der Waals surface area contributed by atoms with Crippen molar-refractivity contribution in [1.29, 1.82) is 0 Å². The normalized spacial score (nSPS) is 13.2. The summed E-state index contributed by atoms with van der Waals surface area (Å²) in [6.45, 7) is 11.4. The SMILES string of the molecule is CC(=O)OCC(C)OCC(C)O.CCCOCCC. The molecule has 0 rings (SSSR count). The van der Waals surface area contributed by atoms with Crippen LogP contribution in [-0.4, -0.2) is 49.7 Å². The van der Waals surface area contributed by atoms with Gasteiger partial charge in [0.25, 0.3) is 0 Å². The van der Waals surface area contributed by atoms with E-state index in [1.807, 2.05) is 0 Å². The maximum Gasteiger partial charge on any atom is 0.302 e. The molecule has 0 saturated carbocycles. The summed E-state index contributed by atoms with van der Waals surface area (Å²) >= 11 is 0. The molecule has 19 heavy (non-hydrogen) atoms. The van der Waals surface area contributed by atoms with Crippen LogP contribution in [0.4, 0.5) is 0 Å². The van der Waals surface area contributed by atoms with Crippen molar-refractivity contribution in [2.45, 2.75) is 59.7 Å². The number of ether oxygens (including phenoxy) is 3. The second-order valence-corrected chi connectivity index (χ2v) is 4.41. The molecule has 0 aromatic rings. The molecule has 2 atom stereocenters. The van der Waals surface area contributed by atoms with E-state index in [0.717, 1.165) is 26.1 Å². The zero-order valence-electron chi connectivity index (χ0n) is 13.0. The van der Waals surface area contributed by atoms with Crippen LogP contribution in [0.5, 0.6) is 0 Å². The molecule has 0 fully saturated rings. The van der Waals surface area contributed by atoms with Crippen LogP contribution in [0, 0.1) is 0 Å². The summed E-state index contributed by atoms with van der Waals surface area (Å²) in [5, 5.41) is 8.85. The minimum absolute atomic E-state index is 0.163. The molecule has 0 aliphatic rings. The third-order valence-corrected chi connectivity index (χ3v) is 1.84. The number of esters is 1. The van der Waals surface area contributed by atoms with E-state index in [-0.39, 0.29) is 25.3 Å². The summed E-state index contributed by atoms with van der Waals surface area (Å²) in [6.07, 6.45) is 1.63. The smallest absolute Gasteiger partial charge is 0.302 e. The molecule has 1 N–H and O–H groups in total. The van der Waals surface area contributed by atoms with Gasteiger partial charge in [0.1, 0.15) is 6.61 Å². The van der Waals surface area contributed by atoms with E-state index >= 15 is 0 Å². The summed E-state index contributed by atoms with van der Waals surface area (Å²) < 4.78 is 14.9. The molecular weight excluding hydrogens is 248 g/mol. The predicted molar refractivity (Wildman–Crippen MR) is 75.1 cm³/mol. The average molecular weight is 278 g/mol. The van der Waals surface area contributed by atoms with Crippen molar-refractivity contribution < 1.29 is 24.1 Å². The Bertz CT molecular complexity index is 190. The van der Waals surface area contributed by atoms with Gasteiger partial charge >= 0.3 is 5.97 Å². The first-order chi connectivity index (χ1) is 8.93. The third kappa shape index (κ3) is 22.9. The molecule has 2 unspecified atom stereocenters. The zero-order chi connectivity index (χ0) is 15.1. The van der Waals surface area contributed by atoms with Crippen molar-refractivity contribution in [3.8, 4) is 0 Å². The summed E-state index contributed by atoms with van der Waals surface area (Å²) in [5.74, 6) is -0.317. The second kappa shape index (κ2) is 15.4. The Morgan fingerprint density at radius 3 is 2.00 bits per heavy atom. The maximum atomic E-state index is 10.4. The Labute approximate surface area is 117 Å². The first-order valence-corrected chi connectivity index (χ1v) is 6.94. The van der Waals surface area contributed by atoms with Gasteiger partial charge in [-0.15, -0.1) is 0 Å². The topological polar surface area (TPSA) is 65.0 Å². The van der Waals surface area contributed by atoms with Crippen molar-refractivity contribution >= 4 is 5.97 Å². The fourth-order valence-electron chi connectivity index (χ4n) is 0.977. The third-order valence-electron chi connectivity index (χ3n) is 1.84. The molecule has 0 saturated heterocycles. The van der Waals surface area contributed by atoms with Crippen molar-refractivity contribution in [3.05, 3.63) is 0 Å². The highest BCUT2D eigenvalue weighted by Gasteiger charge is 2.05. The van der Waals surface area contributed by atoms with Crippen molar-refractivity contribution in [1.82, 2.24) is 0 Å². The molecule has 5 nitrogen and oxygen atoms in total. The van der Waals surface area contributed by atoms with E-state index in [1.165, 1.54) is 6.92 Å². The van der Waals surface area contributed by atoms with Crippen molar-refractivity contribution in [2.24, 2.45) is 0 Å². The molecule has 0 aliphatic carbocycles. The Morgan fingerprint density at radius 1 is 1.11 bits per heavy atom. The van der Waals surface area contributed by atoms with Gasteiger partial charge in [-0.25, -0.2) is 0 Å². The molecule has 0 heterocycles. The lowest BCUT2D eigenvalue weighted by Crippen LogP contribution is -2.22. The maximum absolute atomic E-state index is 10.4. The highest BCUT2D eigenvalue weighted by Crippen LogP contribution is 1.94. The monoisotopic (exact) mass is 278 g/mol. The lowest BCUT2D eigenvalue weighted by molar-refractivity contribution is -0.145. The van der Waals surface area contributed by atoms with Gasteiger partial charge in [0.05, 0.1) is 18.8 Å². The van der Waals surface area contributed by atoms with Gasteiger partial charge in [0, 0.05) is 20.1 Å². The number of hydrogen-bond donors (Lipinski definition) is 1. The van der Waals surface area contributed by atoms with Gasteiger partial charge in [-0.1, -0.05) is 13.8 Å². The van der Waals surface area contributed by atoms with Crippen LogP contribution >= 0.6 is 0 Å². The van der Waals surface area contributed by atoms with Crippen LogP contribution in [0.2, 0.25) is 0 Å². The summed E-state index contributed by atoms with van der Waals surface area (Å²) in [4.78, 5) is 10.4. The zero-order valence-corrected chi connectivity index (χ0v) is 13.0. The molecule has 0 amide bonds. The van der Waals surface area contributed by atoms with Gasteiger partial charge in [-0.3, -0.25) is 4.79 Å². The summed E-state index contributed by atoms with van der Waals surface area (Å²) in [7, 11) is 0. The molecule has 0 aliphatic heterocycles. The van der Waals surface area contributed by atoms with Crippen LogP contribution in [0.25, 0.3) is 0 Å². The standard InChI is InChI=1S/C8H16O4.C6H14O/c1-6(9)4-11-7(2)5-12-8(3)10;1-3-5-7-6-4-2/h6-7,9H,4-5H2,1-3H3;3-6H2,1-2H3. The van der Waals surface area contributed by atoms with E-state index in [4.69, 9.17) is 19.3 Å². The quantitative estimate of drug-likeness (QED) is 0.517. The molecule has 0 bridgehead atoms. The minimum atomic E-state index is -0.482. The van der Waals surface area contributed by atoms with Crippen molar-refractivity contribution in [3.63, 3.8) is 0 Å². The van der Waals surface area contributed by atoms with Crippen molar-refractivity contribution in [2.75, 3.05) is 26.4 Å². The van der Waals surface area contributed by atoms with E-state index < -0.39 is 6.10 Å². The fourth-order valence-corrected chi connectivity index (χ4v) is 0.977. The van der Waals surface area contributed by atoms with E-state index in [9.17, 15) is 4.79 Å². The fraction of sp³-hybridized carbons (Fsp3) is 0.929. The van der Waals surface area contributed by atoms with E-state index in [0.29, 0.717) is 0 Å². The number of aliphatic hydroxyl groups is 1. The molecule has 0 spiro atoms. The lowest BCUT2D eigenvalue weighted by Gasteiger charge is -2.13. The predicted octanol–water partition coefficient (Wildman–Crippen LogP) is 2.16. The van der Waals surface area contributed by atoms with Gasteiger partial charge in [0.2, 0.25) is 0 Å². The van der Waals surface area contributed by atoms with Crippen LogP contribution in [0.15, 0.2) is 0 Å². The summed E-state index contributed by atoms with van der Waals surface area (Å²) in [6, 6.07) is 0. The number of hydrogen-bond acceptors (Lipinski definition) is 5. The first-order valence-electron chi connectivity index (χ1n) is 6.94. The van der Waals surface area contributed by atoms with Crippen LogP contribution in [0.3, 0.4) is 0 Å². The van der Waals surface area contributed by atoms with Gasteiger partial charge in [-0.2, -0.15) is 0 Å². The first kappa shape index (κ1) is 20.7. The highest BCUT2D eigenvalue weighted by atomic mass is 16.6. The largest absolute Gasteiger partial charge is 0.463 e. The Kier molecular flexibility index (Phi) is 16.8. The van der Waals surface area contributed by atoms with E-state index in [1.54, 1.807) is 13.8 Å². The molecule has 0 aromatic carbocycles. The lowest BCUT2D eigenvalue weighted by atomic mass is 10.4. The van der Waals surface area contributed by atoms with Crippen LogP contribution in [0.1, 0.15) is 47.5 Å². The highest BCUT2D eigenvalue weighted by molar-refractivity contribution is 5.65. The number of carbonyl (C=O) groups is 1. The van der Waals surface area contributed by atoms with Gasteiger partial charge in [-0.05, 0) is 26.7 Å². The Hall–Kier alpha value is -0.650. The molecule has 116 valence electrons. The molecular formula is C14H30O5. The number of rotatable bonds is 9. The number of aliphatic hydroxyl groups excluding tert-OH is 1.